The minimum Gasteiger partial charge on any atom is -0.459 e. The molecule has 4 nitrogen and oxygen atoms in total. The fourth-order valence-electron chi connectivity index (χ4n) is 1.76. The van der Waals surface area contributed by atoms with Crippen molar-refractivity contribution in [2.24, 2.45) is 0 Å². The van der Waals surface area contributed by atoms with Crippen molar-refractivity contribution >= 4 is 43.6 Å². The summed E-state index contributed by atoms with van der Waals surface area (Å²) in [4.78, 5) is 24.2. The first kappa shape index (κ1) is 22.1. The Hall–Kier alpha value is 0.0600. The number of rotatable bonds is 8. The molecular formula is C16H28Br2O4. The minimum absolute atomic E-state index is 0.0311. The Labute approximate surface area is 150 Å². The molecule has 0 aliphatic rings. The molecule has 22 heavy (non-hydrogen) atoms. The highest BCUT2D eigenvalue weighted by Crippen LogP contribution is 2.28. The van der Waals surface area contributed by atoms with Crippen LogP contribution >= 0.6 is 31.9 Å². The second-order valence-electron chi connectivity index (χ2n) is 7.53. The van der Waals surface area contributed by atoms with E-state index in [1.165, 1.54) is 0 Å². The Morgan fingerprint density at radius 3 is 1.68 bits per heavy atom. The summed E-state index contributed by atoms with van der Waals surface area (Å²) in [5.74, 6) is -0.356. The van der Waals surface area contributed by atoms with Crippen molar-refractivity contribution in [2.75, 3.05) is 6.61 Å². The van der Waals surface area contributed by atoms with Gasteiger partial charge in [0.05, 0.1) is 10.9 Å². The molecule has 0 aromatic heterocycles. The lowest BCUT2D eigenvalue weighted by atomic mass is 9.93. The number of hydrogen-bond donors (Lipinski definition) is 0. The lowest BCUT2D eigenvalue weighted by Crippen LogP contribution is -2.45. The Balaban J connectivity index is 4.57. The fourth-order valence-corrected chi connectivity index (χ4v) is 2.32. The molecule has 0 bridgehead atoms. The minimum atomic E-state index is -0.901. The van der Waals surface area contributed by atoms with Gasteiger partial charge in [0, 0.05) is 6.42 Å². The van der Waals surface area contributed by atoms with Crippen LogP contribution < -0.4 is 0 Å². The number of Topliss-reactive ketones (excluding diaryl/α,β-unsaturated/α-hetero) is 1. The third-order valence-corrected chi connectivity index (χ3v) is 3.79. The van der Waals surface area contributed by atoms with Crippen molar-refractivity contribution < 1.29 is 19.1 Å². The van der Waals surface area contributed by atoms with E-state index in [2.05, 4.69) is 31.9 Å². The van der Waals surface area contributed by atoms with Crippen LogP contribution in [0.15, 0.2) is 0 Å². The lowest BCUT2D eigenvalue weighted by molar-refractivity contribution is -0.162. The Morgan fingerprint density at radius 2 is 1.32 bits per heavy atom. The molecule has 0 aromatic carbocycles. The van der Waals surface area contributed by atoms with Gasteiger partial charge in [-0.1, -0.05) is 31.9 Å². The molecule has 6 heteroatoms. The summed E-state index contributed by atoms with van der Waals surface area (Å²) in [6, 6.07) is 0. The number of ketones is 1. The van der Waals surface area contributed by atoms with E-state index in [9.17, 15) is 9.59 Å². The Kier molecular flexibility index (Phi) is 7.33. The number of carbonyl (C=O) groups excluding carboxylic acids is 2. The molecule has 130 valence electrons. The third kappa shape index (κ3) is 7.55. The number of esters is 1. The van der Waals surface area contributed by atoms with Crippen LogP contribution in [0.5, 0.6) is 0 Å². The normalized spacial score (nSPS) is 13.9. The molecule has 0 fully saturated rings. The maximum Gasteiger partial charge on any atom is 0.322 e. The SMILES string of the molecule is CC(C)(CCOC(C)(C)C(=O)C(C)(C)Br)OC(=O)C(C)(C)Br. The lowest BCUT2D eigenvalue weighted by Gasteiger charge is -2.32. The number of carbonyl (C=O) groups is 2. The van der Waals surface area contributed by atoms with Crippen molar-refractivity contribution in [1.29, 1.82) is 0 Å². The summed E-state index contributed by atoms with van der Waals surface area (Å²) < 4.78 is 9.86. The highest BCUT2D eigenvalue weighted by atomic mass is 79.9. The maximum atomic E-state index is 12.3. The summed E-state index contributed by atoms with van der Waals surface area (Å²) >= 11 is 6.64. The highest BCUT2D eigenvalue weighted by Gasteiger charge is 2.39. The molecular weight excluding hydrogens is 416 g/mol. The number of halogens is 2. The van der Waals surface area contributed by atoms with Crippen LogP contribution in [0, 0.1) is 0 Å². The standard InChI is InChI=1S/C16H28Br2O4/c1-13(2,22-12(20)15(5,6)18)9-10-21-16(7,8)11(19)14(3,4)17/h9-10H2,1-8H3. The predicted molar refractivity (Wildman–Crippen MR) is 95.8 cm³/mol. The van der Waals surface area contributed by atoms with Gasteiger partial charge >= 0.3 is 5.97 Å². The van der Waals surface area contributed by atoms with Gasteiger partial charge in [-0.15, -0.1) is 0 Å². The largest absolute Gasteiger partial charge is 0.459 e. The van der Waals surface area contributed by atoms with Crippen molar-refractivity contribution in [1.82, 2.24) is 0 Å². The van der Waals surface area contributed by atoms with Crippen molar-refractivity contribution in [2.45, 2.75) is 81.7 Å². The van der Waals surface area contributed by atoms with Crippen LogP contribution in [-0.2, 0) is 19.1 Å². The second kappa shape index (κ2) is 7.31. The molecule has 0 saturated heterocycles. The van der Waals surface area contributed by atoms with Gasteiger partial charge in [0.25, 0.3) is 0 Å². The smallest absolute Gasteiger partial charge is 0.322 e. The molecule has 0 spiro atoms. The molecule has 0 radical (unpaired) electrons. The Morgan fingerprint density at radius 1 is 0.864 bits per heavy atom. The number of hydrogen-bond acceptors (Lipinski definition) is 4. The highest BCUT2D eigenvalue weighted by molar-refractivity contribution is 9.10. The molecule has 0 amide bonds. The fraction of sp³-hybridized carbons (Fsp3) is 0.875. The van der Waals surface area contributed by atoms with E-state index >= 15 is 0 Å². The van der Waals surface area contributed by atoms with Crippen LogP contribution in [0.2, 0.25) is 0 Å². The molecule has 0 heterocycles. The zero-order chi connectivity index (χ0) is 18.0. The summed E-state index contributed by atoms with van der Waals surface area (Å²) in [6.45, 7) is 14.5. The topological polar surface area (TPSA) is 52.6 Å². The molecule has 0 aliphatic carbocycles. The van der Waals surface area contributed by atoms with Crippen LogP contribution in [0.4, 0.5) is 0 Å². The Bertz CT molecular complexity index is 415. The monoisotopic (exact) mass is 442 g/mol. The van der Waals surface area contributed by atoms with Crippen molar-refractivity contribution in [3.05, 3.63) is 0 Å². The van der Waals surface area contributed by atoms with Gasteiger partial charge in [-0.2, -0.15) is 0 Å². The predicted octanol–water partition coefficient (Wildman–Crippen LogP) is 4.41. The van der Waals surface area contributed by atoms with Crippen LogP contribution in [0.1, 0.15) is 61.8 Å². The number of ether oxygens (including phenoxy) is 2. The van der Waals surface area contributed by atoms with Crippen LogP contribution in [0.25, 0.3) is 0 Å². The molecule has 0 aliphatic heterocycles. The van der Waals surface area contributed by atoms with E-state index in [1.54, 1.807) is 41.5 Å². The molecule has 0 aromatic rings. The molecule has 0 rings (SSSR count). The van der Waals surface area contributed by atoms with E-state index in [0.717, 1.165) is 0 Å². The molecule has 0 N–H and O–H groups in total. The summed E-state index contributed by atoms with van der Waals surface area (Å²) in [7, 11) is 0. The van der Waals surface area contributed by atoms with Crippen LogP contribution in [-0.4, -0.2) is 38.2 Å². The van der Waals surface area contributed by atoms with Gasteiger partial charge in [0.1, 0.15) is 15.5 Å². The zero-order valence-electron chi connectivity index (χ0n) is 14.8. The van der Waals surface area contributed by atoms with Crippen molar-refractivity contribution in [3.8, 4) is 0 Å². The first-order valence-corrected chi connectivity index (χ1v) is 8.88. The van der Waals surface area contributed by atoms with E-state index in [-0.39, 0.29) is 11.8 Å². The summed E-state index contributed by atoms with van der Waals surface area (Å²) in [5.41, 5.74) is -1.56. The van der Waals surface area contributed by atoms with Gasteiger partial charge < -0.3 is 9.47 Å². The third-order valence-electron chi connectivity index (χ3n) is 3.11. The zero-order valence-corrected chi connectivity index (χ0v) is 18.0. The van der Waals surface area contributed by atoms with Crippen molar-refractivity contribution in [3.63, 3.8) is 0 Å². The van der Waals surface area contributed by atoms with Gasteiger partial charge in [-0.25, -0.2) is 0 Å². The molecule has 0 unspecified atom stereocenters. The molecule has 0 saturated carbocycles. The first-order valence-electron chi connectivity index (χ1n) is 7.29. The van der Waals surface area contributed by atoms with Crippen LogP contribution in [0.3, 0.4) is 0 Å². The van der Waals surface area contributed by atoms with E-state index in [1.807, 2.05) is 13.8 Å². The van der Waals surface area contributed by atoms with E-state index in [4.69, 9.17) is 9.47 Å². The average Bonchev–Trinajstić information content (AvgIpc) is 2.23. The van der Waals surface area contributed by atoms with E-state index in [0.29, 0.717) is 13.0 Å². The first-order chi connectivity index (χ1) is 9.49. The van der Waals surface area contributed by atoms with Gasteiger partial charge in [-0.05, 0) is 55.4 Å². The quantitative estimate of drug-likeness (QED) is 0.411. The molecule has 0 atom stereocenters. The maximum absolute atomic E-state index is 12.3. The average molecular weight is 444 g/mol. The van der Waals surface area contributed by atoms with Gasteiger partial charge in [-0.3, -0.25) is 9.59 Å². The van der Waals surface area contributed by atoms with Gasteiger partial charge in [0.15, 0.2) is 5.78 Å². The second-order valence-corrected chi connectivity index (χ2v) is 11.5. The van der Waals surface area contributed by atoms with E-state index < -0.39 is 19.9 Å². The summed E-state index contributed by atoms with van der Waals surface area (Å²) in [6.07, 6.45) is 0.501. The summed E-state index contributed by atoms with van der Waals surface area (Å²) in [5, 5.41) is 0. The van der Waals surface area contributed by atoms with Gasteiger partial charge in [0.2, 0.25) is 0 Å². The number of alkyl halides is 2.